The van der Waals surface area contributed by atoms with Crippen molar-refractivity contribution in [1.82, 2.24) is 0 Å². The predicted octanol–water partition coefficient (Wildman–Crippen LogP) is 1.10. The minimum atomic E-state index is -1.03. The molecule has 1 aliphatic heterocycles. The molecule has 0 bridgehead atoms. The number of carbonyl (C=O) groups is 2. The highest BCUT2D eigenvalue weighted by atomic mass is 32.1. The number of hydrogen-bond donors (Lipinski definition) is 2. The largest absolute Gasteiger partial charge is 0.478 e. The summed E-state index contributed by atoms with van der Waals surface area (Å²) in [6, 6.07) is 0. The van der Waals surface area contributed by atoms with E-state index >= 15 is 0 Å². The van der Waals surface area contributed by atoms with Crippen molar-refractivity contribution in [2.75, 3.05) is 25.6 Å². The molecule has 0 spiro atoms. The summed E-state index contributed by atoms with van der Waals surface area (Å²) in [7, 11) is 1.41. The van der Waals surface area contributed by atoms with E-state index in [1.807, 2.05) is 0 Å². The SMILES string of the molecule is COCC(=O)Nc1sc2c(c1C(=O)O)CCOC2. The van der Waals surface area contributed by atoms with Gasteiger partial charge in [0, 0.05) is 12.0 Å². The van der Waals surface area contributed by atoms with Gasteiger partial charge in [0.1, 0.15) is 11.6 Å². The van der Waals surface area contributed by atoms with Crippen LogP contribution in [0.1, 0.15) is 20.8 Å². The van der Waals surface area contributed by atoms with Crippen LogP contribution in [0.15, 0.2) is 0 Å². The Morgan fingerprint density at radius 2 is 2.33 bits per heavy atom. The van der Waals surface area contributed by atoms with Crippen molar-refractivity contribution >= 4 is 28.2 Å². The van der Waals surface area contributed by atoms with Crippen molar-refractivity contribution in [1.29, 1.82) is 0 Å². The van der Waals surface area contributed by atoms with Gasteiger partial charge in [-0.25, -0.2) is 4.79 Å². The van der Waals surface area contributed by atoms with Crippen LogP contribution in [-0.2, 0) is 27.3 Å². The monoisotopic (exact) mass is 271 g/mol. The van der Waals surface area contributed by atoms with E-state index in [1.165, 1.54) is 18.4 Å². The van der Waals surface area contributed by atoms with Gasteiger partial charge in [-0.15, -0.1) is 11.3 Å². The summed E-state index contributed by atoms with van der Waals surface area (Å²) in [5.41, 5.74) is 0.953. The van der Waals surface area contributed by atoms with Crippen LogP contribution in [0.4, 0.5) is 5.00 Å². The van der Waals surface area contributed by atoms with E-state index in [4.69, 9.17) is 9.47 Å². The quantitative estimate of drug-likeness (QED) is 0.856. The molecule has 1 amide bonds. The molecule has 18 heavy (non-hydrogen) atoms. The summed E-state index contributed by atoms with van der Waals surface area (Å²) in [4.78, 5) is 23.6. The lowest BCUT2D eigenvalue weighted by Crippen LogP contribution is -2.18. The lowest BCUT2D eigenvalue weighted by atomic mass is 10.1. The molecule has 1 aromatic heterocycles. The zero-order valence-electron chi connectivity index (χ0n) is 9.82. The third-order valence-electron chi connectivity index (χ3n) is 2.56. The fraction of sp³-hybridized carbons (Fsp3) is 0.455. The van der Waals surface area contributed by atoms with E-state index in [0.717, 1.165) is 10.4 Å². The molecule has 0 aliphatic carbocycles. The van der Waals surface area contributed by atoms with Gasteiger partial charge < -0.3 is 19.9 Å². The first kappa shape index (κ1) is 13.0. The number of carboxylic acid groups (broad SMARTS) is 1. The summed E-state index contributed by atoms with van der Waals surface area (Å²) in [5.74, 6) is -1.39. The fourth-order valence-corrected chi connectivity index (χ4v) is 3.03. The number of nitrogens with one attached hydrogen (secondary N) is 1. The van der Waals surface area contributed by atoms with Crippen LogP contribution in [0.5, 0.6) is 0 Å². The highest BCUT2D eigenvalue weighted by molar-refractivity contribution is 7.17. The third-order valence-corrected chi connectivity index (χ3v) is 3.68. The minimum absolute atomic E-state index is 0.0991. The standard InChI is InChI=1S/C11H13NO5S/c1-16-5-8(13)12-10-9(11(14)15)6-2-3-17-4-7(6)18-10/h2-5H2,1H3,(H,12,13)(H,14,15). The molecule has 0 radical (unpaired) electrons. The number of amides is 1. The molecule has 0 unspecified atom stereocenters. The number of carbonyl (C=O) groups excluding carboxylic acids is 1. The van der Waals surface area contributed by atoms with Gasteiger partial charge >= 0.3 is 5.97 Å². The Bertz CT molecular complexity index is 482. The first-order chi connectivity index (χ1) is 8.63. The fourth-order valence-electron chi connectivity index (χ4n) is 1.84. The lowest BCUT2D eigenvalue weighted by Gasteiger charge is -2.11. The van der Waals surface area contributed by atoms with Crippen molar-refractivity contribution in [2.45, 2.75) is 13.0 Å². The average Bonchev–Trinajstić information content (AvgIpc) is 2.66. The molecular formula is C11H13NO5S. The molecule has 1 aliphatic rings. The minimum Gasteiger partial charge on any atom is -0.478 e. The van der Waals surface area contributed by atoms with Gasteiger partial charge in [0.05, 0.1) is 18.8 Å². The molecule has 6 nitrogen and oxygen atoms in total. The number of hydrogen-bond acceptors (Lipinski definition) is 5. The van der Waals surface area contributed by atoms with Crippen LogP contribution in [0.3, 0.4) is 0 Å². The Morgan fingerprint density at radius 1 is 1.56 bits per heavy atom. The highest BCUT2D eigenvalue weighted by Gasteiger charge is 2.26. The zero-order valence-corrected chi connectivity index (χ0v) is 10.6. The van der Waals surface area contributed by atoms with E-state index in [-0.39, 0.29) is 18.1 Å². The maximum atomic E-state index is 11.4. The summed E-state index contributed by atoms with van der Waals surface area (Å²) >= 11 is 1.25. The normalized spacial score (nSPS) is 14.1. The molecule has 1 aromatic rings. The summed E-state index contributed by atoms with van der Waals surface area (Å²) < 4.78 is 9.98. The van der Waals surface area contributed by atoms with Gasteiger partial charge in [-0.1, -0.05) is 0 Å². The van der Waals surface area contributed by atoms with Crippen LogP contribution in [0, 0.1) is 0 Å². The van der Waals surface area contributed by atoms with E-state index in [1.54, 1.807) is 0 Å². The molecule has 0 fully saturated rings. The number of rotatable bonds is 4. The van der Waals surface area contributed by atoms with E-state index in [9.17, 15) is 14.7 Å². The molecule has 0 atom stereocenters. The molecule has 0 saturated heterocycles. The Morgan fingerprint density at radius 3 is 3.00 bits per heavy atom. The van der Waals surface area contributed by atoms with Crippen molar-refractivity contribution in [3.05, 3.63) is 16.0 Å². The Labute approximate surface area is 108 Å². The van der Waals surface area contributed by atoms with E-state index in [0.29, 0.717) is 24.6 Å². The molecular weight excluding hydrogens is 258 g/mol. The maximum Gasteiger partial charge on any atom is 0.339 e. The van der Waals surface area contributed by atoms with Gasteiger partial charge in [0.15, 0.2) is 0 Å². The van der Waals surface area contributed by atoms with Crippen molar-refractivity contribution in [3.63, 3.8) is 0 Å². The molecule has 7 heteroatoms. The molecule has 98 valence electrons. The smallest absolute Gasteiger partial charge is 0.339 e. The van der Waals surface area contributed by atoms with Gasteiger partial charge in [-0.3, -0.25) is 4.79 Å². The van der Waals surface area contributed by atoms with Gasteiger partial charge in [0.25, 0.3) is 5.91 Å². The van der Waals surface area contributed by atoms with Gasteiger partial charge in [-0.05, 0) is 12.0 Å². The Hall–Kier alpha value is -1.44. The lowest BCUT2D eigenvalue weighted by molar-refractivity contribution is -0.119. The average molecular weight is 271 g/mol. The van der Waals surface area contributed by atoms with Crippen LogP contribution < -0.4 is 5.32 Å². The summed E-state index contributed by atoms with van der Waals surface area (Å²) in [5, 5.41) is 12.2. The molecule has 2 N–H and O–H groups in total. The topological polar surface area (TPSA) is 84.9 Å². The number of methoxy groups -OCH3 is 1. The van der Waals surface area contributed by atoms with Crippen LogP contribution in [-0.4, -0.2) is 37.3 Å². The maximum absolute atomic E-state index is 11.4. The van der Waals surface area contributed by atoms with Crippen molar-refractivity contribution in [2.24, 2.45) is 0 Å². The number of ether oxygens (including phenoxy) is 2. The van der Waals surface area contributed by atoms with Crippen molar-refractivity contribution < 1.29 is 24.2 Å². The molecule has 0 aromatic carbocycles. The first-order valence-corrected chi connectivity index (χ1v) is 6.19. The third kappa shape index (κ3) is 2.53. The first-order valence-electron chi connectivity index (χ1n) is 5.38. The molecule has 2 rings (SSSR count). The highest BCUT2D eigenvalue weighted by Crippen LogP contribution is 2.36. The van der Waals surface area contributed by atoms with E-state index in [2.05, 4.69) is 5.32 Å². The molecule has 0 saturated carbocycles. The molecule has 2 heterocycles. The Kier molecular flexibility index (Phi) is 3.95. The van der Waals surface area contributed by atoms with Gasteiger partial charge in [0.2, 0.25) is 0 Å². The van der Waals surface area contributed by atoms with Gasteiger partial charge in [-0.2, -0.15) is 0 Å². The predicted molar refractivity (Wildman–Crippen MR) is 65.1 cm³/mol. The number of carboxylic acids is 1. The zero-order chi connectivity index (χ0) is 13.1. The second kappa shape index (κ2) is 5.47. The second-order valence-corrected chi connectivity index (χ2v) is 4.90. The number of thiophene rings is 1. The van der Waals surface area contributed by atoms with Crippen molar-refractivity contribution in [3.8, 4) is 0 Å². The summed E-state index contributed by atoms with van der Waals surface area (Å²) in [6.07, 6.45) is 0.563. The van der Waals surface area contributed by atoms with E-state index < -0.39 is 5.97 Å². The number of aromatic carboxylic acids is 1. The second-order valence-electron chi connectivity index (χ2n) is 3.80. The number of fused-ring (bicyclic) bond motifs is 1. The van der Waals surface area contributed by atoms with Crippen LogP contribution in [0.2, 0.25) is 0 Å². The van der Waals surface area contributed by atoms with Crippen LogP contribution >= 0.6 is 11.3 Å². The number of anilines is 1. The Balaban J connectivity index is 2.31. The van der Waals surface area contributed by atoms with Crippen LogP contribution in [0.25, 0.3) is 0 Å². The summed E-state index contributed by atoms with van der Waals surface area (Å²) in [6.45, 7) is 0.814.